The first-order valence-electron chi connectivity index (χ1n) is 7.11. The van der Waals surface area contributed by atoms with Gasteiger partial charge < -0.3 is 21.3 Å². The molecular weight excluding hydrogens is 244 g/mol. The van der Waals surface area contributed by atoms with E-state index in [-0.39, 0.29) is 12.3 Å². The molecule has 0 saturated heterocycles. The zero-order chi connectivity index (χ0) is 14.3. The SMILES string of the molecule is CCN(CC)CCNC(CC(=O)NC1CC1)C(N)=O. The Labute approximate surface area is 115 Å². The lowest BCUT2D eigenvalue weighted by molar-refractivity contribution is -0.126. The summed E-state index contributed by atoms with van der Waals surface area (Å²) in [6.45, 7) is 7.65. The summed E-state index contributed by atoms with van der Waals surface area (Å²) in [5.74, 6) is -0.563. The Morgan fingerprint density at radius 2 is 1.95 bits per heavy atom. The quantitative estimate of drug-likeness (QED) is 0.496. The number of hydrogen-bond donors (Lipinski definition) is 3. The molecule has 110 valence electrons. The fourth-order valence-electron chi connectivity index (χ4n) is 1.91. The Kier molecular flexibility index (Phi) is 6.80. The highest BCUT2D eigenvalue weighted by Gasteiger charge is 2.26. The fraction of sp³-hybridized carbons (Fsp3) is 0.846. The van der Waals surface area contributed by atoms with Crippen molar-refractivity contribution in [3.8, 4) is 0 Å². The Hall–Kier alpha value is -1.14. The molecule has 0 aromatic rings. The first-order valence-corrected chi connectivity index (χ1v) is 7.11. The number of nitrogens with one attached hydrogen (secondary N) is 2. The molecular formula is C13H26N4O2. The van der Waals surface area contributed by atoms with Gasteiger partial charge in [-0.05, 0) is 25.9 Å². The number of carbonyl (C=O) groups is 2. The van der Waals surface area contributed by atoms with Crippen molar-refractivity contribution in [3.63, 3.8) is 0 Å². The largest absolute Gasteiger partial charge is 0.368 e. The van der Waals surface area contributed by atoms with Crippen LogP contribution in [-0.4, -0.2) is 55.0 Å². The van der Waals surface area contributed by atoms with Gasteiger partial charge in [0.2, 0.25) is 11.8 Å². The number of nitrogens with two attached hydrogens (primary N) is 1. The van der Waals surface area contributed by atoms with Crippen LogP contribution >= 0.6 is 0 Å². The lowest BCUT2D eigenvalue weighted by Crippen LogP contribution is -2.47. The zero-order valence-electron chi connectivity index (χ0n) is 11.9. The predicted octanol–water partition coefficient (Wildman–Crippen LogP) is -0.560. The van der Waals surface area contributed by atoms with Crippen molar-refractivity contribution in [1.29, 1.82) is 0 Å². The number of hydrogen-bond acceptors (Lipinski definition) is 4. The van der Waals surface area contributed by atoms with Crippen molar-refractivity contribution >= 4 is 11.8 Å². The van der Waals surface area contributed by atoms with Crippen LogP contribution in [0, 0.1) is 0 Å². The lowest BCUT2D eigenvalue weighted by Gasteiger charge is -2.20. The molecule has 6 nitrogen and oxygen atoms in total. The van der Waals surface area contributed by atoms with Crippen molar-refractivity contribution in [1.82, 2.24) is 15.5 Å². The topological polar surface area (TPSA) is 87.5 Å². The number of nitrogens with zero attached hydrogens (tertiary/aromatic N) is 1. The summed E-state index contributed by atoms with van der Waals surface area (Å²) in [4.78, 5) is 25.2. The van der Waals surface area contributed by atoms with Crippen LogP contribution < -0.4 is 16.4 Å². The standard InChI is InChI=1S/C13H26N4O2/c1-3-17(4-2)8-7-15-11(13(14)19)9-12(18)16-10-5-6-10/h10-11,15H,3-9H2,1-2H3,(H2,14,19)(H,16,18). The van der Waals surface area contributed by atoms with Gasteiger partial charge in [-0.25, -0.2) is 0 Å². The van der Waals surface area contributed by atoms with Gasteiger partial charge in [-0.15, -0.1) is 0 Å². The minimum atomic E-state index is -0.575. The number of carbonyl (C=O) groups excluding carboxylic acids is 2. The van der Waals surface area contributed by atoms with Crippen LogP contribution in [0.1, 0.15) is 33.1 Å². The minimum Gasteiger partial charge on any atom is -0.368 e. The molecule has 0 radical (unpaired) electrons. The Balaban J connectivity index is 2.26. The van der Waals surface area contributed by atoms with Crippen LogP contribution in [0.5, 0.6) is 0 Å². The molecule has 4 N–H and O–H groups in total. The van der Waals surface area contributed by atoms with Crippen molar-refractivity contribution in [3.05, 3.63) is 0 Å². The molecule has 1 saturated carbocycles. The number of rotatable bonds is 10. The van der Waals surface area contributed by atoms with E-state index in [2.05, 4.69) is 29.4 Å². The van der Waals surface area contributed by atoms with Crippen molar-refractivity contribution in [2.45, 2.75) is 45.2 Å². The van der Waals surface area contributed by atoms with Gasteiger partial charge in [-0.1, -0.05) is 13.8 Å². The Bertz CT molecular complexity index is 301. The number of primary amides is 1. The van der Waals surface area contributed by atoms with Gasteiger partial charge in [0.1, 0.15) is 0 Å². The second kappa shape index (κ2) is 8.12. The van der Waals surface area contributed by atoms with Crippen LogP contribution in [0.2, 0.25) is 0 Å². The van der Waals surface area contributed by atoms with Gasteiger partial charge in [0, 0.05) is 19.1 Å². The highest BCUT2D eigenvalue weighted by molar-refractivity contribution is 5.87. The highest BCUT2D eigenvalue weighted by atomic mass is 16.2. The molecule has 0 spiro atoms. The van der Waals surface area contributed by atoms with Crippen LogP contribution in [0.4, 0.5) is 0 Å². The summed E-state index contributed by atoms with van der Waals surface area (Å²) >= 11 is 0. The maximum absolute atomic E-state index is 11.6. The van der Waals surface area contributed by atoms with Crippen molar-refractivity contribution in [2.75, 3.05) is 26.2 Å². The summed E-state index contributed by atoms with van der Waals surface area (Å²) < 4.78 is 0. The zero-order valence-corrected chi connectivity index (χ0v) is 11.9. The van der Waals surface area contributed by atoms with E-state index >= 15 is 0 Å². The molecule has 0 aromatic heterocycles. The smallest absolute Gasteiger partial charge is 0.235 e. The summed E-state index contributed by atoms with van der Waals surface area (Å²) in [6, 6.07) is -0.258. The second-order valence-corrected chi connectivity index (χ2v) is 4.98. The Morgan fingerprint density at radius 3 is 2.42 bits per heavy atom. The van der Waals surface area contributed by atoms with Crippen LogP contribution in [-0.2, 0) is 9.59 Å². The molecule has 1 aliphatic carbocycles. The summed E-state index contributed by atoms with van der Waals surface area (Å²) in [6.07, 6.45) is 2.22. The molecule has 1 unspecified atom stereocenters. The maximum atomic E-state index is 11.6. The number of likely N-dealkylation sites (N-methyl/N-ethyl adjacent to an activating group) is 1. The Morgan fingerprint density at radius 1 is 1.32 bits per heavy atom. The van der Waals surface area contributed by atoms with E-state index in [0.717, 1.165) is 32.5 Å². The van der Waals surface area contributed by atoms with Crippen LogP contribution in [0.25, 0.3) is 0 Å². The summed E-state index contributed by atoms with van der Waals surface area (Å²) in [5.41, 5.74) is 5.32. The van der Waals surface area contributed by atoms with Gasteiger partial charge in [0.05, 0.1) is 12.5 Å². The van der Waals surface area contributed by atoms with Crippen molar-refractivity contribution in [2.24, 2.45) is 5.73 Å². The molecule has 0 aliphatic heterocycles. The van der Waals surface area contributed by atoms with Gasteiger partial charge in [-0.2, -0.15) is 0 Å². The molecule has 1 atom stereocenters. The molecule has 2 amide bonds. The highest BCUT2D eigenvalue weighted by Crippen LogP contribution is 2.18. The van der Waals surface area contributed by atoms with Gasteiger partial charge in [-0.3, -0.25) is 9.59 Å². The van der Waals surface area contributed by atoms with Crippen LogP contribution in [0.3, 0.4) is 0 Å². The molecule has 6 heteroatoms. The average molecular weight is 270 g/mol. The molecule has 1 rings (SSSR count). The number of amides is 2. The maximum Gasteiger partial charge on any atom is 0.235 e. The van der Waals surface area contributed by atoms with Crippen molar-refractivity contribution < 1.29 is 9.59 Å². The molecule has 0 bridgehead atoms. The molecule has 0 heterocycles. The van der Waals surface area contributed by atoms with E-state index in [1.54, 1.807) is 0 Å². The third-order valence-electron chi connectivity index (χ3n) is 3.39. The molecule has 1 fully saturated rings. The minimum absolute atomic E-state index is 0.0957. The van der Waals surface area contributed by atoms with E-state index in [9.17, 15) is 9.59 Å². The van der Waals surface area contributed by atoms with E-state index in [1.165, 1.54) is 0 Å². The predicted molar refractivity (Wildman–Crippen MR) is 74.6 cm³/mol. The second-order valence-electron chi connectivity index (χ2n) is 4.98. The monoisotopic (exact) mass is 270 g/mol. The van der Waals surface area contributed by atoms with Crippen LogP contribution in [0.15, 0.2) is 0 Å². The van der Waals surface area contributed by atoms with E-state index < -0.39 is 11.9 Å². The van der Waals surface area contributed by atoms with Gasteiger partial charge >= 0.3 is 0 Å². The normalized spacial score (nSPS) is 16.4. The molecule has 19 heavy (non-hydrogen) atoms. The van der Waals surface area contributed by atoms with Gasteiger partial charge in [0.25, 0.3) is 0 Å². The fourth-order valence-corrected chi connectivity index (χ4v) is 1.91. The van der Waals surface area contributed by atoms with E-state index in [0.29, 0.717) is 12.6 Å². The van der Waals surface area contributed by atoms with E-state index in [1.807, 2.05) is 0 Å². The molecule has 1 aliphatic rings. The first-order chi connectivity index (χ1) is 9.06. The third kappa shape index (κ3) is 6.54. The van der Waals surface area contributed by atoms with Gasteiger partial charge in [0.15, 0.2) is 0 Å². The summed E-state index contributed by atoms with van der Waals surface area (Å²) in [7, 11) is 0. The van der Waals surface area contributed by atoms with E-state index in [4.69, 9.17) is 5.73 Å². The summed E-state index contributed by atoms with van der Waals surface area (Å²) in [5, 5.41) is 5.93. The molecule has 0 aromatic carbocycles. The first kappa shape index (κ1) is 15.9. The average Bonchev–Trinajstić information content (AvgIpc) is 3.16. The lowest BCUT2D eigenvalue weighted by atomic mass is 10.2. The third-order valence-corrected chi connectivity index (χ3v) is 3.39.